The number of fused-ring (bicyclic) bond motifs is 1. The number of aldehydes is 1. The fourth-order valence-electron chi connectivity index (χ4n) is 2.62. The Bertz CT molecular complexity index is 733. The van der Waals surface area contributed by atoms with Crippen molar-refractivity contribution in [3.8, 4) is 0 Å². The van der Waals surface area contributed by atoms with Gasteiger partial charge in [0.25, 0.3) is 0 Å². The van der Waals surface area contributed by atoms with Crippen molar-refractivity contribution in [2.24, 2.45) is 7.05 Å². The minimum atomic E-state index is -0.327. The molecule has 2 amide bonds. The number of nitrogens with zero attached hydrogens (tertiary/aromatic N) is 2. The fourth-order valence-corrected chi connectivity index (χ4v) is 2.62. The van der Waals surface area contributed by atoms with E-state index in [1.165, 1.54) is 0 Å². The topological polar surface area (TPSA) is 81.1 Å². The normalized spacial score (nSPS) is 19.1. The Morgan fingerprint density at radius 3 is 2.90 bits per heavy atom. The maximum absolute atomic E-state index is 11.9. The van der Waals surface area contributed by atoms with Crippen LogP contribution in [0.15, 0.2) is 18.2 Å². The molecule has 1 saturated heterocycles. The SMILES string of the molecule is Cn1nc(C=O)c2ccc(C3CCC(=O)NC3=O)cc21. The minimum absolute atomic E-state index is 0.226. The minimum Gasteiger partial charge on any atom is -0.296 e. The Hall–Kier alpha value is -2.50. The van der Waals surface area contributed by atoms with Gasteiger partial charge < -0.3 is 0 Å². The number of benzene rings is 1. The monoisotopic (exact) mass is 271 g/mol. The molecule has 1 aromatic carbocycles. The summed E-state index contributed by atoms with van der Waals surface area (Å²) >= 11 is 0. The van der Waals surface area contributed by atoms with Crippen molar-refractivity contribution in [1.29, 1.82) is 0 Å². The standard InChI is InChI=1S/C14H13N3O3/c1-17-12-6-8(2-3-10(12)11(7-18)16-17)9-4-5-13(19)15-14(9)20/h2-3,6-7,9H,4-5H2,1H3,(H,15,19,20). The number of aromatic nitrogens is 2. The highest BCUT2D eigenvalue weighted by Crippen LogP contribution is 2.28. The second kappa shape index (κ2) is 4.56. The van der Waals surface area contributed by atoms with Gasteiger partial charge in [-0.3, -0.25) is 24.4 Å². The third-order valence-corrected chi connectivity index (χ3v) is 3.66. The molecule has 1 aliphatic rings. The molecule has 2 aromatic rings. The zero-order chi connectivity index (χ0) is 14.3. The number of piperidine rings is 1. The van der Waals surface area contributed by atoms with Crippen molar-refractivity contribution in [3.63, 3.8) is 0 Å². The predicted octanol–water partition coefficient (Wildman–Crippen LogP) is 0.906. The van der Waals surface area contributed by atoms with E-state index in [1.807, 2.05) is 12.1 Å². The van der Waals surface area contributed by atoms with E-state index < -0.39 is 0 Å². The number of nitrogens with one attached hydrogen (secondary N) is 1. The second-order valence-corrected chi connectivity index (χ2v) is 4.91. The molecule has 0 spiro atoms. The molecular formula is C14H13N3O3. The van der Waals surface area contributed by atoms with Crippen molar-refractivity contribution < 1.29 is 14.4 Å². The van der Waals surface area contributed by atoms with Crippen LogP contribution in [0.25, 0.3) is 10.9 Å². The van der Waals surface area contributed by atoms with Gasteiger partial charge in [-0.1, -0.05) is 12.1 Å². The number of aryl methyl sites for hydroxylation is 1. The summed E-state index contributed by atoms with van der Waals surface area (Å²) in [6.45, 7) is 0. The van der Waals surface area contributed by atoms with Gasteiger partial charge in [0.05, 0.1) is 11.4 Å². The highest BCUT2D eigenvalue weighted by atomic mass is 16.2. The van der Waals surface area contributed by atoms with Crippen LogP contribution in [-0.4, -0.2) is 27.9 Å². The molecule has 20 heavy (non-hydrogen) atoms. The number of carbonyl (C=O) groups excluding carboxylic acids is 3. The summed E-state index contributed by atoms with van der Waals surface area (Å²) in [6.07, 6.45) is 1.57. The summed E-state index contributed by atoms with van der Waals surface area (Å²) in [7, 11) is 1.75. The first-order valence-corrected chi connectivity index (χ1v) is 6.35. The van der Waals surface area contributed by atoms with Crippen LogP contribution in [0.5, 0.6) is 0 Å². The van der Waals surface area contributed by atoms with Gasteiger partial charge in [-0.25, -0.2) is 0 Å². The maximum Gasteiger partial charge on any atom is 0.234 e. The molecule has 0 saturated carbocycles. The lowest BCUT2D eigenvalue weighted by Gasteiger charge is -2.21. The van der Waals surface area contributed by atoms with Gasteiger partial charge in [0.2, 0.25) is 11.8 Å². The molecule has 1 aliphatic heterocycles. The number of hydrogen-bond donors (Lipinski definition) is 1. The predicted molar refractivity (Wildman–Crippen MR) is 71.2 cm³/mol. The Labute approximate surface area is 114 Å². The van der Waals surface area contributed by atoms with Crippen LogP contribution in [0.2, 0.25) is 0 Å². The van der Waals surface area contributed by atoms with Crippen LogP contribution in [0.1, 0.15) is 34.8 Å². The molecule has 102 valence electrons. The summed E-state index contributed by atoms with van der Waals surface area (Å²) in [5, 5.41) is 7.23. The van der Waals surface area contributed by atoms with E-state index in [0.717, 1.165) is 16.5 Å². The van der Waals surface area contributed by atoms with Gasteiger partial charge in [-0.15, -0.1) is 0 Å². The molecule has 2 heterocycles. The Morgan fingerprint density at radius 2 is 2.20 bits per heavy atom. The number of rotatable bonds is 2. The van der Waals surface area contributed by atoms with Crippen LogP contribution >= 0.6 is 0 Å². The van der Waals surface area contributed by atoms with Gasteiger partial charge in [0, 0.05) is 18.9 Å². The molecular weight excluding hydrogens is 258 g/mol. The van der Waals surface area contributed by atoms with Gasteiger partial charge in [0.15, 0.2) is 6.29 Å². The van der Waals surface area contributed by atoms with Crippen LogP contribution in [-0.2, 0) is 16.6 Å². The van der Waals surface area contributed by atoms with Gasteiger partial charge in [-0.05, 0) is 18.1 Å². The van der Waals surface area contributed by atoms with Crippen LogP contribution in [0, 0.1) is 0 Å². The highest BCUT2D eigenvalue weighted by Gasteiger charge is 2.28. The quantitative estimate of drug-likeness (QED) is 0.650. The molecule has 1 aromatic heterocycles. The highest BCUT2D eigenvalue weighted by molar-refractivity contribution is 6.01. The van der Waals surface area contributed by atoms with Gasteiger partial charge >= 0.3 is 0 Å². The molecule has 0 bridgehead atoms. The van der Waals surface area contributed by atoms with Crippen molar-refractivity contribution in [2.45, 2.75) is 18.8 Å². The van der Waals surface area contributed by atoms with E-state index in [4.69, 9.17) is 0 Å². The van der Waals surface area contributed by atoms with Crippen molar-refractivity contribution in [2.75, 3.05) is 0 Å². The number of amides is 2. The van der Waals surface area contributed by atoms with Crippen LogP contribution in [0.4, 0.5) is 0 Å². The molecule has 0 radical (unpaired) electrons. The first-order chi connectivity index (χ1) is 9.60. The summed E-state index contributed by atoms with van der Waals surface area (Å²) < 4.78 is 1.62. The number of hydrogen-bond acceptors (Lipinski definition) is 4. The molecule has 1 N–H and O–H groups in total. The van der Waals surface area contributed by atoms with E-state index in [9.17, 15) is 14.4 Å². The molecule has 6 nitrogen and oxygen atoms in total. The van der Waals surface area contributed by atoms with Crippen molar-refractivity contribution >= 4 is 29.0 Å². The summed E-state index contributed by atoms with van der Waals surface area (Å²) in [6, 6.07) is 5.47. The van der Waals surface area contributed by atoms with Crippen molar-refractivity contribution in [1.82, 2.24) is 15.1 Å². The lowest BCUT2D eigenvalue weighted by Crippen LogP contribution is -2.39. The van der Waals surface area contributed by atoms with E-state index in [1.54, 1.807) is 17.8 Å². The number of imide groups is 1. The lowest BCUT2D eigenvalue weighted by atomic mass is 9.90. The molecule has 1 unspecified atom stereocenters. The van der Waals surface area contributed by atoms with Gasteiger partial charge in [0.1, 0.15) is 5.69 Å². The summed E-state index contributed by atoms with van der Waals surface area (Å²) in [4.78, 5) is 34.0. The zero-order valence-electron chi connectivity index (χ0n) is 10.9. The van der Waals surface area contributed by atoms with E-state index in [-0.39, 0.29) is 17.7 Å². The summed E-state index contributed by atoms with van der Waals surface area (Å²) in [5.41, 5.74) is 2.02. The smallest absolute Gasteiger partial charge is 0.234 e. The molecule has 0 aliphatic carbocycles. The first-order valence-electron chi connectivity index (χ1n) is 6.35. The molecule has 6 heteroatoms. The Kier molecular flexibility index (Phi) is 2.85. The largest absolute Gasteiger partial charge is 0.296 e. The average Bonchev–Trinajstić information content (AvgIpc) is 2.75. The third-order valence-electron chi connectivity index (χ3n) is 3.66. The molecule has 3 rings (SSSR count). The Morgan fingerprint density at radius 1 is 1.40 bits per heavy atom. The fraction of sp³-hybridized carbons (Fsp3) is 0.286. The number of carbonyl (C=O) groups is 3. The zero-order valence-corrected chi connectivity index (χ0v) is 10.9. The molecule has 1 fully saturated rings. The maximum atomic E-state index is 11.9. The lowest BCUT2D eigenvalue weighted by molar-refractivity contribution is -0.134. The first kappa shape index (κ1) is 12.5. The molecule has 1 atom stereocenters. The Balaban J connectivity index is 2.05. The van der Waals surface area contributed by atoms with E-state index >= 15 is 0 Å². The third kappa shape index (κ3) is 1.89. The van der Waals surface area contributed by atoms with E-state index in [0.29, 0.717) is 24.8 Å². The van der Waals surface area contributed by atoms with E-state index in [2.05, 4.69) is 10.4 Å². The average molecular weight is 271 g/mol. The van der Waals surface area contributed by atoms with Crippen LogP contribution in [0.3, 0.4) is 0 Å². The van der Waals surface area contributed by atoms with Crippen molar-refractivity contribution in [3.05, 3.63) is 29.5 Å². The van der Waals surface area contributed by atoms with Gasteiger partial charge in [-0.2, -0.15) is 5.10 Å². The summed E-state index contributed by atoms with van der Waals surface area (Å²) in [5.74, 6) is -0.818. The van der Waals surface area contributed by atoms with Crippen LogP contribution < -0.4 is 5.32 Å². The second-order valence-electron chi connectivity index (χ2n) is 4.91.